The van der Waals surface area contributed by atoms with Crippen molar-refractivity contribution in [1.29, 1.82) is 0 Å². The number of fused-ring (bicyclic) bond motifs is 2. The summed E-state index contributed by atoms with van der Waals surface area (Å²) >= 11 is 1.49. The Morgan fingerprint density at radius 2 is 1.88 bits per heavy atom. The molecule has 3 heterocycles. The average molecular weight is 482 g/mol. The van der Waals surface area contributed by atoms with E-state index in [4.69, 9.17) is 19.2 Å². The molecule has 34 heavy (non-hydrogen) atoms. The number of ether oxygens (including phenoxy) is 3. The zero-order chi connectivity index (χ0) is 23.8. The summed E-state index contributed by atoms with van der Waals surface area (Å²) in [5.74, 6) is -1.21. The Balaban J connectivity index is 1.74. The van der Waals surface area contributed by atoms with Crippen LogP contribution in [-0.2, 0) is 11.8 Å². The number of benzene rings is 2. The zero-order valence-electron chi connectivity index (χ0n) is 18.8. The molecule has 0 spiro atoms. The minimum absolute atomic E-state index is 0.0617. The van der Waals surface area contributed by atoms with Gasteiger partial charge in [0.15, 0.2) is 0 Å². The van der Waals surface area contributed by atoms with Crippen LogP contribution in [0.25, 0.3) is 43.4 Å². The topological polar surface area (TPSA) is 58.4 Å². The zero-order valence-corrected chi connectivity index (χ0v) is 19.6. The number of rotatable bonds is 7. The van der Waals surface area contributed by atoms with Gasteiger partial charge in [-0.2, -0.15) is 5.10 Å². The van der Waals surface area contributed by atoms with E-state index < -0.39 is 11.6 Å². The third-order valence-corrected chi connectivity index (χ3v) is 6.52. The smallest absolute Gasteiger partial charge is 0.222 e. The number of hydrogen-bond donors (Lipinski definition) is 0. The highest BCUT2D eigenvalue weighted by Crippen LogP contribution is 2.46. The molecule has 0 aliphatic rings. The first-order chi connectivity index (χ1) is 16.5. The van der Waals surface area contributed by atoms with Crippen LogP contribution >= 0.6 is 11.3 Å². The van der Waals surface area contributed by atoms with Gasteiger partial charge in [0.2, 0.25) is 5.88 Å². The summed E-state index contributed by atoms with van der Waals surface area (Å²) in [6.07, 6.45) is 1.80. The summed E-state index contributed by atoms with van der Waals surface area (Å²) in [5.41, 5.74) is 3.10. The Bertz CT molecular complexity index is 1510. The Labute approximate surface area is 198 Å². The van der Waals surface area contributed by atoms with Crippen molar-refractivity contribution >= 4 is 32.3 Å². The minimum Gasteiger partial charge on any atom is -0.490 e. The molecule has 0 aliphatic carbocycles. The fourth-order valence-electron chi connectivity index (χ4n) is 4.05. The van der Waals surface area contributed by atoms with Crippen LogP contribution in [0, 0.1) is 11.6 Å². The van der Waals surface area contributed by atoms with Crippen LogP contribution in [0.15, 0.2) is 48.0 Å². The third-order valence-electron chi connectivity index (χ3n) is 5.60. The van der Waals surface area contributed by atoms with Crippen molar-refractivity contribution in [2.75, 3.05) is 27.4 Å². The molecule has 0 saturated heterocycles. The van der Waals surface area contributed by atoms with Crippen molar-refractivity contribution in [2.45, 2.75) is 0 Å². The Morgan fingerprint density at radius 1 is 1.03 bits per heavy atom. The van der Waals surface area contributed by atoms with Crippen molar-refractivity contribution in [3.8, 4) is 34.0 Å². The average Bonchev–Trinajstić information content (AvgIpc) is 3.45. The lowest BCUT2D eigenvalue weighted by Gasteiger charge is -2.17. The molecule has 0 unspecified atom stereocenters. The number of methoxy groups -OCH3 is 2. The largest absolute Gasteiger partial charge is 0.490 e. The van der Waals surface area contributed by atoms with Gasteiger partial charge < -0.3 is 14.2 Å². The summed E-state index contributed by atoms with van der Waals surface area (Å²) in [5, 5.41) is 7.93. The molecule has 5 aromatic rings. The lowest BCUT2D eigenvalue weighted by atomic mass is 9.99. The van der Waals surface area contributed by atoms with Gasteiger partial charge in [0.05, 0.1) is 47.0 Å². The predicted octanol–water partition coefficient (Wildman–Crippen LogP) is 5.83. The number of halogens is 2. The number of nitrogens with zero attached hydrogens (tertiary/aromatic N) is 3. The minimum atomic E-state index is -0.760. The van der Waals surface area contributed by atoms with Crippen molar-refractivity contribution in [2.24, 2.45) is 7.05 Å². The Hall–Kier alpha value is -3.56. The maximum atomic E-state index is 15.2. The first-order valence-electron chi connectivity index (χ1n) is 10.5. The summed E-state index contributed by atoms with van der Waals surface area (Å²) in [6, 6.07) is 9.85. The molecule has 2 aromatic carbocycles. The maximum Gasteiger partial charge on any atom is 0.222 e. The van der Waals surface area contributed by atoms with Crippen LogP contribution in [0.2, 0.25) is 0 Å². The molecular weight excluding hydrogens is 460 g/mol. The van der Waals surface area contributed by atoms with Gasteiger partial charge >= 0.3 is 0 Å². The second kappa shape index (κ2) is 9.00. The van der Waals surface area contributed by atoms with Gasteiger partial charge in [0.25, 0.3) is 0 Å². The molecule has 0 amide bonds. The molecule has 0 fully saturated rings. The highest BCUT2D eigenvalue weighted by atomic mass is 32.1. The van der Waals surface area contributed by atoms with E-state index in [0.29, 0.717) is 11.3 Å². The molecular formula is C25H21F2N3O3S. The van der Waals surface area contributed by atoms with Crippen LogP contribution in [0.3, 0.4) is 0 Å². The van der Waals surface area contributed by atoms with E-state index in [0.717, 1.165) is 38.7 Å². The standard InChI is InChI=1S/C25H21F2N3O3S/c1-30-19-5-4-14(10-15(19)13-28-30)23-24-17(6-9-34-24)21(25(29-23)32-3)22-18(27)11-16(26)12-20(22)33-8-7-31-2/h4-6,9-13H,7-8H2,1-3H3. The van der Waals surface area contributed by atoms with Gasteiger partial charge in [-0.25, -0.2) is 13.8 Å². The molecule has 6 nitrogen and oxygen atoms in total. The van der Waals surface area contributed by atoms with E-state index in [1.54, 1.807) is 10.9 Å². The summed E-state index contributed by atoms with van der Waals surface area (Å²) in [7, 11) is 4.89. The van der Waals surface area contributed by atoms with E-state index >= 15 is 4.39 Å². The summed E-state index contributed by atoms with van der Waals surface area (Å²) in [4.78, 5) is 4.77. The maximum absolute atomic E-state index is 15.2. The molecule has 0 bridgehead atoms. The van der Waals surface area contributed by atoms with Crippen LogP contribution < -0.4 is 9.47 Å². The molecule has 9 heteroatoms. The molecule has 0 aliphatic heterocycles. The van der Waals surface area contributed by atoms with Gasteiger partial charge in [-0.3, -0.25) is 4.68 Å². The van der Waals surface area contributed by atoms with E-state index in [-0.39, 0.29) is 30.4 Å². The number of pyridine rings is 1. The fourth-order valence-corrected chi connectivity index (χ4v) is 4.96. The molecule has 174 valence electrons. The van der Waals surface area contributed by atoms with Crippen molar-refractivity contribution < 1.29 is 23.0 Å². The van der Waals surface area contributed by atoms with Gasteiger partial charge in [-0.1, -0.05) is 6.07 Å². The van der Waals surface area contributed by atoms with E-state index in [1.807, 2.05) is 36.7 Å². The van der Waals surface area contributed by atoms with Crippen molar-refractivity contribution in [3.63, 3.8) is 0 Å². The fraction of sp³-hybridized carbons (Fsp3) is 0.200. The molecule has 0 radical (unpaired) electrons. The Morgan fingerprint density at radius 3 is 2.68 bits per heavy atom. The van der Waals surface area contributed by atoms with Crippen LogP contribution in [0.4, 0.5) is 8.78 Å². The van der Waals surface area contributed by atoms with E-state index in [2.05, 4.69) is 5.10 Å². The molecule has 5 rings (SSSR count). The second-order valence-corrected chi connectivity index (χ2v) is 8.57. The van der Waals surface area contributed by atoms with Crippen LogP contribution in [-0.4, -0.2) is 42.2 Å². The highest BCUT2D eigenvalue weighted by molar-refractivity contribution is 7.17. The van der Waals surface area contributed by atoms with Gasteiger partial charge in [0.1, 0.15) is 24.0 Å². The number of aryl methyl sites for hydroxylation is 1. The number of hydrogen-bond acceptors (Lipinski definition) is 6. The third kappa shape index (κ3) is 3.76. The molecule has 0 atom stereocenters. The van der Waals surface area contributed by atoms with Gasteiger partial charge in [-0.15, -0.1) is 11.3 Å². The van der Waals surface area contributed by atoms with Crippen molar-refractivity contribution in [3.05, 3.63) is 59.6 Å². The highest BCUT2D eigenvalue weighted by Gasteiger charge is 2.25. The SMILES string of the molecule is COCCOc1cc(F)cc(F)c1-c1c(OC)nc(-c2ccc3c(cnn3C)c2)c2sccc12. The summed E-state index contributed by atoms with van der Waals surface area (Å²) < 4.78 is 48.3. The van der Waals surface area contributed by atoms with E-state index in [9.17, 15) is 4.39 Å². The lowest BCUT2D eigenvalue weighted by molar-refractivity contribution is 0.146. The lowest BCUT2D eigenvalue weighted by Crippen LogP contribution is -2.07. The quantitative estimate of drug-likeness (QED) is 0.274. The normalized spacial score (nSPS) is 11.4. The van der Waals surface area contributed by atoms with Crippen molar-refractivity contribution in [1.82, 2.24) is 14.8 Å². The van der Waals surface area contributed by atoms with Crippen LogP contribution in [0.5, 0.6) is 11.6 Å². The predicted molar refractivity (Wildman–Crippen MR) is 129 cm³/mol. The first-order valence-corrected chi connectivity index (χ1v) is 11.4. The van der Waals surface area contributed by atoms with E-state index in [1.165, 1.54) is 25.6 Å². The molecule has 3 aromatic heterocycles. The van der Waals surface area contributed by atoms with Gasteiger partial charge in [-0.05, 0) is 23.6 Å². The first kappa shape index (κ1) is 22.2. The van der Waals surface area contributed by atoms with Crippen LogP contribution in [0.1, 0.15) is 0 Å². The monoisotopic (exact) mass is 481 g/mol. The number of aromatic nitrogens is 3. The molecule has 0 N–H and O–H groups in total. The second-order valence-electron chi connectivity index (χ2n) is 7.65. The Kier molecular flexibility index (Phi) is 5.89. The summed E-state index contributed by atoms with van der Waals surface area (Å²) in [6.45, 7) is 0.411. The van der Waals surface area contributed by atoms with Gasteiger partial charge in [0, 0.05) is 42.6 Å². The number of thiophene rings is 1. The molecule has 0 saturated carbocycles.